The maximum Gasteiger partial charge on any atom is 0.407 e. The van der Waals surface area contributed by atoms with Crippen LogP contribution in [0.1, 0.15) is 10.4 Å². The maximum absolute atomic E-state index is 14.1. The van der Waals surface area contributed by atoms with Crippen molar-refractivity contribution >= 4 is 27.9 Å². The summed E-state index contributed by atoms with van der Waals surface area (Å²) in [6, 6.07) is 0.297. The quantitative estimate of drug-likeness (QED) is 0.702. The molecule has 2 amide bonds. The predicted molar refractivity (Wildman–Crippen MR) is 74.0 cm³/mol. The molecule has 0 radical (unpaired) electrons. The lowest BCUT2D eigenvalue weighted by Crippen LogP contribution is -2.57. The maximum atomic E-state index is 14.1. The largest absolute Gasteiger partial charge is 0.487 e. The third kappa shape index (κ3) is 2.29. The van der Waals surface area contributed by atoms with Crippen molar-refractivity contribution in [2.75, 3.05) is 26.2 Å². The Morgan fingerprint density at radius 1 is 1.41 bits per heavy atom. The number of fused-ring (bicyclic) bond motifs is 2. The van der Waals surface area contributed by atoms with Crippen LogP contribution in [0.5, 0.6) is 5.75 Å². The van der Waals surface area contributed by atoms with Gasteiger partial charge in [0.1, 0.15) is 18.0 Å². The van der Waals surface area contributed by atoms with Gasteiger partial charge in [-0.15, -0.1) is 0 Å². The Morgan fingerprint density at radius 2 is 2.14 bits per heavy atom. The summed E-state index contributed by atoms with van der Waals surface area (Å²) in [5.41, 5.74) is -0.452. The molecular weight excluding hydrogens is 366 g/mol. The molecule has 0 aliphatic carbocycles. The zero-order valence-corrected chi connectivity index (χ0v) is 12.8. The molecule has 22 heavy (non-hydrogen) atoms. The monoisotopic (exact) mass is 376 g/mol. The van der Waals surface area contributed by atoms with Crippen molar-refractivity contribution in [1.29, 1.82) is 0 Å². The van der Waals surface area contributed by atoms with Crippen LogP contribution in [0.15, 0.2) is 10.5 Å². The van der Waals surface area contributed by atoms with E-state index < -0.39 is 41.0 Å². The molecule has 1 saturated heterocycles. The second kappa shape index (κ2) is 5.38. The molecule has 1 atom stereocenters. The molecule has 1 N–H and O–H groups in total. The van der Waals surface area contributed by atoms with Gasteiger partial charge < -0.3 is 19.6 Å². The third-order valence-corrected chi connectivity index (χ3v) is 4.35. The summed E-state index contributed by atoms with van der Waals surface area (Å²) in [6.07, 6.45) is -1.10. The van der Waals surface area contributed by atoms with Crippen molar-refractivity contribution in [2.24, 2.45) is 0 Å². The zero-order valence-electron chi connectivity index (χ0n) is 11.2. The molecule has 0 saturated carbocycles. The molecule has 1 aromatic carbocycles. The van der Waals surface area contributed by atoms with Gasteiger partial charge in [-0.2, -0.15) is 0 Å². The average Bonchev–Trinajstić information content (AvgIpc) is 2.62. The summed E-state index contributed by atoms with van der Waals surface area (Å²) < 4.78 is 33.3. The Bertz CT molecular complexity index is 670. The Labute approximate surface area is 132 Å². The molecule has 0 unspecified atom stereocenters. The smallest absolute Gasteiger partial charge is 0.407 e. The predicted octanol–water partition coefficient (Wildman–Crippen LogP) is 1.92. The number of piperazine rings is 1. The minimum absolute atomic E-state index is 0.0411. The second-order valence-electron chi connectivity index (χ2n) is 5.05. The van der Waals surface area contributed by atoms with Crippen LogP contribution in [0.4, 0.5) is 13.6 Å². The molecule has 0 bridgehead atoms. The Kier molecular flexibility index (Phi) is 3.67. The number of benzene rings is 1. The molecule has 6 nitrogen and oxygen atoms in total. The molecule has 118 valence electrons. The molecule has 2 aliphatic rings. The summed E-state index contributed by atoms with van der Waals surface area (Å²) in [6.45, 7) is 0.165. The number of carbonyl (C=O) groups excluding carboxylic acids is 1. The molecule has 0 aromatic heterocycles. The SMILES string of the molecule is O=C(O)N1CCN2C(=O)c3c(F)cc(Br)c(F)c3OC[C@H]2C1. The van der Waals surface area contributed by atoms with Crippen LogP contribution >= 0.6 is 15.9 Å². The number of rotatable bonds is 0. The molecular formula is C13H11BrF2N2O4. The van der Waals surface area contributed by atoms with Crippen LogP contribution in [0.25, 0.3) is 0 Å². The van der Waals surface area contributed by atoms with Crippen molar-refractivity contribution in [2.45, 2.75) is 6.04 Å². The fourth-order valence-corrected chi connectivity index (χ4v) is 3.05. The highest BCUT2D eigenvalue weighted by atomic mass is 79.9. The molecule has 2 aliphatic heterocycles. The zero-order chi connectivity index (χ0) is 16.0. The topological polar surface area (TPSA) is 70.1 Å². The summed E-state index contributed by atoms with van der Waals surface area (Å²) in [7, 11) is 0. The highest BCUT2D eigenvalue weighted by molar-refractivity contribution is 9.10. The van der Waals surface area contributed by atoms with Crippen LogP contribution in [0.3, 0.4) is 0 Å². The van der Waals surface area contributed by atoms with Gasteiger partial charge in [0.25, 0.3) is 5.91 Å². The minimum atomic E-state index is -1.10. The van der Waals surface area contributed by atoms with Gasteiger partial charge in [0.05, 0.1) is 10.5 Å². The normalized spacial score (nSPS) is 20.9. The molecule has 3 rings (SSSR count). The first-order chi connectivity index (χ1) is 10.4. The molecule has 1 aromatic rings. The van der Waals surface area contributed by atoms with Crippen molar-refractivity contribution in [3.63, 3.8) is 0 Å². The van der Waals surface area contributed by atoms with Gasteiger partial charge in [-0.25, -0.2) is 13.6 Å². The van der Waals surface area contributed by atoms with Gasteiger partial charge in [-0.1, -0.05) is 0 Å². The minimum Gasteiger partial charge on any atom is -0.487 e. The molecule has 2 heterocycles. The average molecular weight is 377 g/mol. The summed E-state index contributed by atoms with van der Waals surface area (Å²) >= 11 is 2.87. The Hall–Kier alpha value is -1.90. The van der Waals surface area contributed by atoms with E-state index in [1.807, 2.05) is 0 Å². The van der Waals surface area contributed by atoms with Crippen molar-refractivity contribution in [1.82, 2.24) is 9.80 Å². The van der Waals surface area contributed by atoms with Gasteiger partial charge >= 0.3 is 6.09 Å². The van der Waals surface area contributed by atoms with E-state index in [1.165, 1.54) is 4.90 Å². The first-order valence-electron chi connectivity index (χ1n) is 6.49. The number of hydrogen-bond donors (Lipinski definition) is 1. The summed E-state index contributed by atoms with van der Waals surface area (Å²) in [5.74, 6) is -2.85. The molecule has 9 heteroatoms. The van der Waals surface area contributed by atoms with E-state index >= 15 is 0 Å². The van der Waals surface area contributed by atoms with E-state index in [1.54, 1.807) is 0 Å². The lowest BCUT2D eigenvalue weighted by molar-refractivity contribution is 0.0386. The molecule has 1 fully saturated rings. The second-order valence-corrected chi connectivity index (χ2v) is 5.90. The molecule has 0 spiro atoms. The van der Waals surface area contributed by atoms with Gasteiger partial charge in [0.15, 0.2) is 11.6 Å². The number of carboxylic acid groups (broad SMARTS) is 1. The van der Waals surface area contributed by atoms with Crippen LogP contribution in [0.2, 0.25) is 0 Å². The van der Waals surface area contributed by atoms with Crippen LogP contribution < -0.4 is 4.74 Å². The van der Waals surface area contributed by atoms with Gasteiger partial charge in [0.2, 0.25) is 0 Å². The fraction of sp³-hybridized carbons (Fsp3) is 0.385. The first-order valence-corrected chi connectivity index (χ1v) is 7.28. The third-order valence-electron chi connectivity index (χ3n) is 3.78. The standard InChI is InChI=1S/C13H11BrF2N2O4/c14-7-3-8(15)9-11(10(7)16)22-5-6-4-17(13(20)21)1-2-18(6)12(9)19/h3,6H,1-2,4-5H2,(H,20,21)/t6-/m1/s1. The lowest BCUT2D eigenvalue weighted by Gasteiger charge is -2.38. The van der Waals surface area contributed by atoms with E-state index in [0.29, 0.717) is 0 Å². The van der Waals surface area contributed by atoms with Crippen molar-refractivity contribution in [3.05, 3.63) is 27.7 Å². The first kappa shape index (κ1) is 15.0. The fourth-order valence-electron chi connectivity index (χ4n) is 2.67. The van der Waals surface area contributed by atoms with E-state index in [2.05, 4.69) is 15.9 Å². The highest BCUT2D eigenvalue weighted by Gasteiger charge is 2.39. The van der Waals surface area contributed by atoms with Gasteiger partial charge in [0, 0.05) is 19.6 Å². The van der Waals surface area contributed by atoms with E-state index in [-0.39, 0.29) is 30.7 Å². The number of carbonyl (C=O) groups is 2. The Morgan fingerprint density at radius 3 is 2.82 bits per heavy atom. The van der Waals surface area contributed by atoms with E-state index in [0.717, 1.165) is 11.0 Å². The van der Waals surface area contributed by atoms with Crippen molar-refractivity contribution in [3.8, 4) is 5.75 Å². The lowest BCUT2D eigenvalue weighted by atomic mass is 10.1. The van der Waals surface area contributed by atoms with E-state index in [9.17, 15) is 18.4 Å². The van der Waals surface area contributed by atoms with Crippen LogP contribution in [-0.4, -0.2) is 59.2 Å². The number of ether oxygens (including phenoxy) is 1. The number of hydrogen-bond acceptors (Lipinski definition) is 3. The van der Waals surface area contributed by atoms with Gasteiger partial charge in [-0.3, -0.25) is 4.79 Å². The van der Waals surface area contributed by atoms with Crippen LogP contribution in [0, 0.1) is 11.6 Å². The number of amides is 2. The highest BCUT2D eigenvalue weighted by Crippen LogP contribution is 2.35. The van der Waals surface area contributed by atoms with Crippen molar-refractivity contribution < 1.29 is 28.2 Å². The number of halogens is 3. The summed E-state index contributed by atoms with van der Waals surface area (Å²) in [5, 5.41) is 9.02. The Balaban J connectivity index is 2.00. The summed E-state index contributed by atoms with van der Waals surface area (Å²) in [4.78, 5) is 26.0. The van der Waals surface area contributed by atoms with Gasteiger partial charge in [-0.05, 0) is 22.0 Å². The number of nitrogens with zero attached hydrogens (tertiary/aromatic N) is 2. The van der Waals surface area contributed by atoms with E-state index in [4.69, 9.17) is 9.84 Å². The van der Waals surface area contributed by atoms with Crippen LogP contribution in [-0.2, 0) is 0 Å².